The zero-order valence-corrected chi connectivity index (χ0v) is 25.4. The molecular weight excluding hydrogens is 607 g/mol. The van der Waals surface area contributed by atoms with Gasteiger partial charge in [0.25, 0.3) is 0 Å². The van der Waals surface area contributed by atoms with Crippen molar-refractivity contribution in [2.75, 3.05) is 13.1 Å². The van der Waals surface area contributed by atoms with Crippen molar-refractivity contribution in [1.82, 2.24) is 9.97 Å². The van der Waals surface area contributed by atoms with Crippen molar-refractivity contribution in [3.8, 4) is 0 Å². The maximum absolute atomic E-state index is 6.22. The van der Waals surface area contributed by atoms with E-state index in [1.807, 2.05) is 32.3 Å². The lowest BCUT2D eigenvalue weighted by Crippen LogP contribution is -2.14. The van der Waals surface area contributed by atoms with Gasteiger partial charge in [-0.05, 0) is 84.5 Å². The van der Waals surface area contributed by atoms with Crippen molar-refractivity contribution in [2.24, 2.45) is 22.0 Å². The van der Waals surface area contributed by atoms with Crippen molar-refractivity contribution >= 4 is 59.1 Å². The molecule has 0 bridgehead atoms. The van der Waals surface area contributed by atoms with E-state index in [0.29, 0.717) is 11.1 Å². The second kappa shape index (κ2) is 12.9. The molecule has 0 spiro atoms. The van der Waals surface area contributed by atoms with Gasteiger partial charge in [0.05, 0.1) is 12.4 Å². The number of aryl methyl sites for hydroxylation is 2. The van der Waals surface area contributed by atoms with Gasteiger partial charge in [-0.15, -0.1) is 0 Å². The molecule has 0 N–H and O–H groups in total. The molecule has 2 unspecified atom stereocenters. The smallest absolute Gasteiger partial charge is 0.186 e. The summed E-state index contributed by atoms with van der Waals surface area (Å²) >= 11 is 8.54. The number of rotatable bonds is 6. The summed E-state index contributed by atoms with van der Waals surface area (Å²) < 4.78 is 5.31. The third-order valence-electron chi connectivity index (χ3n) is 8.01. The van der Waals surface area contributed by atoms with Crippen molar-refractivity contribution in [2.45, 2.75) is 77.0 Å². The summed E-state index contributed by atoms with van der Waals surface area (Å²) in [4.78, 5) is 8.84. The van der Waals surface area contributed by atoms with Crippen LogP contribution < -0.4 is 0 Å². The Kier molecular flexibility index (Phi) is 9.36. The highest BCUT2D eigenvalue weighted by atomic mass is 127. The van der Waals surface area contributed by atoms with Crippen molar-refractivity contribution in [3.63, 3.8) is 0 Å². The zero-order chi connectivity index (χ0) is 26.5. The van der Waals surface area contributed by atoms with Gasteiger partial charge in [-0.3, -0.25) is 0 Å². The highest BCUT2D eigenvalue weighted by molar-refractivity contribution is 14.1. The van der Waals surface area contributed by atoms with Crippen LogP contribution >= 0.6 is 34.2 Å². The molecule has 2 aliphatic heterocycles. The number of hydrogen-bond acceptors (Lipinski definition) is 4. The lowest BCUT2D eigenvalue weighted by Gasteiger charge is -2.04. The summed E-state index contributed by atoms with van der Waals surface area (Å²) in [6.45, 7) is 6.12. The first-order valence-electron chi connectivity index (χ1n) is 14.0. The molecule has 2 atom stereocenters. The quantitative estimate of drug-likeness (QED) is 0.199. The van der Waals surface area contributed by atoms with Crippen LogP contribution in [0.15, 0.2) is 34.5 Å². The molecule has 2 fully saturated rings. The van der Waals surface area contributed by atoms with Crippen LogP contribution in [0.1, 0.15) is 85.7 Å². The number of pyridine rings is 2. The lowest BCUT2D eigenvalue weighted by molar-refractivity contribution is -0.533. The minimum Gasteiger partial charge on any atom is -0.247 e. The van der Waals surface area contributed by atoms with Crippen molar-refractivity contribution in [1.29, 1.82) is 0 Å². The normalized spacial score (nSPS) is 23.1. The van der Waals surface area contributed by atoms with E-state index in [-0.39, 0.29) is 5.92 Å². The first-order valence-corrected chi connectivity index (χ1v) is 15.5. The average molecular weight is 645 g/mol. The van der Waals surface area contributed by atoms with Gasteiger partial charge in [-0.1, -0.05) is 58.8 Å². The van der Waals surface area contributed by atoms with E-state index >= 15 is 0 Å². The summed E-state index contributed by atoms with van der Waals surface area (Å²) in [6.07, 6.45) is 19.4. The summed E-state index contributed by atoms with van der Waals surface area (Å²) in [7, 11) is 0. The molecule has 6 nitrogen and oxygen atoms in total. The SMILES string of the molecule is Cc1ccc(C2C=N[N+](CC3CCCC3)=C2)c(Cl)n1.Cc1ccc(C2C=N[N+](CC3CCCC3)=C2)c(I)n1. The molecule has 200 valence electrons. The van der Waals surface area contributed by atoms with E-state index in [4.69, 9.17) is 11.6 Å². The minimum absolute atomic E-state index is 0.169. The van der Waals surface area contributed by atoms with Crippen LogP contribution in [0.4, 0.5) is 0 Å². The maximum atomic E-state index is 6.22. The van der Waals surface area contributed by atoms with E-state index in [9.17, 15) is 0 Å². The highest BCUT2D eigenvalue weighted by Crippen LogP contribution is 2.28. The Labute approximate surface area is 245 Å². The molecule has 2 saturated carbocycles. The van der Waals surface area contributed by atoms with Crippen molar-refractivity contribution in [3.05, 3.63) is 55.6 Å². The summed E-state index contributed by atoms with van der Waals surface area (Å²) in [5.74, 6) is 2.10. The number of aromatic nitrogens is 2. The third-order valence-corrected chi connectivity index (χ3v) is 9.18. The topological polar surface area (TPSA) is 56.5 Å². The fourth-order valence-corrected chi connectivity index (χ4v) is 7.10. The molecule has 0 amide bonds. The number of hydrazone groups is 2. The number of halogens is 2. The molecule has 2 aromatic heterocycles. The van der Waals surface area contributed by atoms with Gasteiger partial charge in [0.1, 0.15) is 20.7 Å². The van der Waals surface area contributed by atoms with Crippen LogP contribution in [0.3, 0.4) is 0 Å². The summed E-state index contributed by atoms with van der Waals surface area (Å²) in [5.41, 5.74) is 4.34. The largest absolute Gasteiger partial charge is 0.247 e. The fraction of sp³-hybridized carbons (Fsp3) is 0.533. The number of hydrogen-bond donors (Lipinski definition) is 0. The first kappa shape index (κ1) is 27.6. The standard InChI is InChI=1S/C15H19ClN3.C15H19IN3/c2*1-11-6-7-14(15(16)18-11)13-8-17-19(10-13)9-12-4-2-3-5-12/h2*6-8,10,12-13H,2-5,9H2,1H3/q2*+1. The Hall–Kier alpha value is -2.00. The van der Waals surface area contributed by atoms with Crippen LogP contribution in [0.2, 0.25) is 5.15 Å². The van der Waals surface area contributed by atoms with Crippen LogP contribution in [0.5, 0.6) is 0 Å². The van der Waals surface area contributed by atoms with Crippen LogP contribution in [-0.2, 0) is 0 Å². The molecule has 8 heteroatoms. The Morgan fingerprint density at radius 1 is 0.737 bits per heavy atom. The molecule has 4 aliphatic rings. The zero-order valence-electron chi connectivity index (χ0n) is 22.4. The van der Waals surface area contributed by atoms with E-state index in [0.717, 1.165) is 45.6 Å². The summed E-state index contributed by atoms with van der Waals surface area (Å²) in [5, 5.41) is 9.62. The van der Waals surface area contributed by atoms with E-state index in [2.05, 4.69) is 82.8 Å². The Morgan fingerprint density at radius 2 is 1.21 bits per heavy atom. The van der Waals surface area contributed by atoms with Crippen LogP contribution in [-0.4, -0.2) is 57.3 Å². The fourth-order valence-electron chi connectivity index (χ4n) is 5.86. The third kappa shape index (κ3) is 7.14. The highest BCUT2D eigenvalue weighted by Gasteiger charge is 2.28. The Bertz CT molecular complexity index is 1160. The molecule has 6 rings (SSSR count). The molecule has 0 aromatic carbocycles. The first-order chi connectivity index (χ1) is 18.4. The average Bonchev–Trinajstić information content (AvgIpc) is 3.70. The predicted molar refractivity (Wildman–Crippen MR) is 164 cm³/mol. The van der Waals surface area contributed by atoms with E-state index in [1.165, 1.54) is 56.9 Å². The molecule has 0 saturated heterocycles. The van der Waals surface area contributed by atoms with E-state index < -0.39 is 0 Å². The van der Waals surface area contributed by atoms with Gasteiger partial charge in [0, 0.05) is 34.4 Å². The van der Waals surface area contributed by atoms with Crippen molar-refractivity contribution < 1.29 is 9.37 Å². The second-order valence-corrected chi connectivity index (χ2v) is 12.5. The van der Waals surface area contributed by atoms with Gasteiger partial charge >= 0.3 is 0 Å². The monoisotopic (exact) mass is 644 g/mol. The minimum atomic E-state index is 0.169. The molecular formula is C30H38ClIN6+2. The molecule has 38 heavy (non-hydrogen) atoms. The van der Waals surface area contributed by atoms with E-state index in [1.54, 1.807) is 0 Å². The number of nitrogens with zero attached hydrogens (tertiary/aromatic N) is 6. The van der Waals surface area contributed by atoms with Gasteiger partial charge in [-0.2, -0.15) is 0 Å². The molecule has 2 aliphatic carbocycles. The Morgan fingerprint density at radius 3 is 1.71 bits per heavy atom. The maximum Gasteiger partial charge on any atom is 0.186 e. The second-order valence-electron chi connectivity index (χ2n) is 11.1. The van der Waals surface area contributed by atoms with Gasteiger partial charge < -0.3 is 0 Å². The molecule has 2 aromatic rings. The molecule has 4 heterocycles. The van der Waals surface area contributed by atoms with Gasteiger partial charge in [-0.25, -0.2) is 9.97 Å². The Balaban J connectivity index is 0.000000155. The predicted octanol–water partition coefficient (Wildman–Crippen LogP) is 6.75. The molecule has 0 radical (unpaired) electrons. The summed E-state index contributed by atoms with van der Waals surface area (Å²) in [6, 6.07) is 8.31. The van der Waals surface area contributed by atoms with Crippen LogP contribution in [0.25, 0.3) is 0 Å². The van der Waals surface area contributed by atoms with Gasteiger partial charge in [0.2, 0.25) is 0 Å². The van der Waals surface area contributed by atoms with Gasteiger partial charge in [0.15, 0.2) is 25.5 Å². The van der Waals surface area contributed by atoms with Crippen LogP contribution in [0, 0.1) is 29.4 Å². The lowest BCUT2D eigenvalue weighted by atomic mass is 10.0.